The van der Waals surface area contributed by atoms with E-state index >= 15 is 0 Å². The van der Waals surface area contributed by atoms with E-state index in [-0.39, 0.29) is 32.0 Å². The van der Waals surface area contributed by atoms with Crippen LogP contribution in [0, 0.1) is 0 Å². The van der Waals surface area contributed by atoms with Crippen LogP contribution in [0.25, 0.3) is 0 Å². The molecule has 2 unspecified atom stereocenters. The highest BCUT2D eigenvalue weighted by Crippen LogP contribution is 2.43. The number of ether oxygens (including phenoxy) is 2. The molecule has 0 saturated heterocycles. The summed E-state index contributed by atoms with van der Waals surface area (Å²) >= 11 is 0. The van der Waals surface area contributed by atoms with Crippen molar-refractivity contribution < 1.29 is 42.1 Å². The number of carbonyl (C=O) groups is 2. The zero-order valence-corrected chi connectivity index (χ0v) is 48.3. The Bertz CT molecular complexity index is 1450. The third kappa shape index (κ3) is 56.7. The van der Waals surface area contributed by atoms with Crippen molar-refractivity contribution in [1.29, 1.82) is 0 Å². The van der Waals surface area contributed by atoms with E-state index in [9.17, 15) is 19.0 Å². The number of phosphoric acid groups is 1. The standard InChI is InChI=1S/C62H112NO8P/c1-6-8-10-12-14-16-18-20-22-24-26-28-30-31-33-35-37-39-41-43-45-47-49-51-53-55-62(65)71-60(59-70-72(66,67)69-57-56-63(3,4)5)58-68-61(64)54-52-50-48-46-44-42-40-38-36-34-32-29-27-25-23-21-19-17-15-13-11-9-7-2/h8,10,14,16,20,22,26,28,31,33,37,39,60H,6-7,9,11-13,15,17-19,21,23-25,27,29-30,32,34-36,38,40-59H2,1-5H3/p+1/b10-8-,16-14-,22-20-,28-26-,33-31-,39-37-. The van der Waals surface area contributed by atoms with Crippen molar-refractivity contribution in [1.82, 2.24) is 0 Å². The number of esters is 2. The summed E-state index contributed by atoms with van der Waals surface area (Å²) in [6.45, 7) is 4.33. The van der Waals surface area contributed by atoms with Gasteiger partial charge < -0.3 is 18.9 Å². The first kappa shape index (κ1) is 69.5. The SMILES string of the molecule is CC/C=C\C/C=C\C/C=C\C/C=C\C/C=C\C/C=C\CCCCCCCCC(=O)OC(COC(=O)CCCCCCCCCCCCCCCCCCCCCCCCC)COP(=O)(O)OCC[N+](C)(C)C. The number of carbonyl (C=O) groups excluding carboxylic acids is 2. The highest BCUT2D eigenvalue weighted by molar-refractivity contribution is 7.47. The molecule has 0 aliphatic rings. The lowest BCUT2D eigenvalue weighted by atomic mass is 10.0. The Balaban J connectivity index is 4.19. The van der Waals surface area contributed by atoms with Gasteiger partial charge in [-0.05, 0) is 64.2 Å². The van der Waals surface area contributed by atoms with Crippen LogP contribution in [-0.2, 0) is 32.7 Å². The Hall–Kier alpha value is -2.55. The molecule has 0 fully saturated rings. The Labute approximate surface area is 444 Å². The van der Waals surface area contributed by atoms with Crippen LogP contribution >= 0.6 is 7.82 Å². The fourth-order valence-electron chi connectivity index (χ4n) is 8.20. The summed E-state index contributed by atoms with van der Waals surface area (Å²) in [5.41, 5.74) is 0. The number of allylic oxidation sites excluding steroid dienone is 12. The van der Waals surface area contributed by atoms with Crippen molar-refractivity contribution in [3.63, 3.8) is 0 Å². The van der Waals surface area contributed by atoms with Crippen LogP contribution < -0.4 is 0 Å². The maximum atomic E-state index is 12.8. The summed E-state index contributed by atoms with van der Waals surface area (Å²) in [6.07, 6.45) is 69.7. The molecule has 2 atom stereocenters. The van der Waals surface area contributed by atoms with E-state index in [2.05, 4.69) is 86.8 Å². The van der Waals surface area contributed by atoms with E-state index in [1.807, 2.05) is 21.1 Å². The van der Waals surface area contributed by atoms with Gasteiger partial charge in [-0.15, -0.1) is 0 Å². The number of nitrogens with zero attached hydrogens (tertiary/aromatic N) is 1. The third-order valence-electron chi connectivity index (χ3n) is 12.8. The van der Waals surface area contributed by atoms with Crippen LogP contribution in [0.5, 0.6) is 0 Å². The Morgan fingerprint density at radius 2 is 0.792 bits per heavy atom. The average Bonchev–Trinajstić information content (AvgIpc) is 3.34. The summed E-state index contributed by atoms with van der Waals surface area (Å²) in [7, 11) is 1.47. The molecule has 72 heavy (non-hydrogen) atoms. The smallest absolute Gasteiger partial charge is 0.462 e. The summed E-state index contributed by atoms with van der Waals surface area (Å²) in [4.78, 5) is 35.7. The summed E-state index contributed by atoms with van der Waals surface area (Å²) < 4.78 is 34.6. The monoisotopic (exact) mass is 1030 g/mol. The maximum Gasteiger partial charge on any atom is 0.472 e. The molecule has 0 aromatic heterocycles. The topological polar surface area (TPSA) is 108 Å². The predicted octanol–water partition coefficient (Wildman–Crippen LogP) is 18.5. The van der Waals surface area contributed by atoms with Gasteiger partial charge in [-0.25, -0.2) is 4.57 Å². The number of hydrogen-bond acceptors (Lipinski definition) is 7. The van der Waals surface area contributed by atoms with E-state index in [0.717, 1.165) is 96.3 Å². The molecule has 0 radical (unpaired) electrons. The first-order valence-corrected chi connectivity index (χ1v) is 31.2. The van der Waals surface area contributed by atoms with Gasteiger partial charge in [-0.3, -0.25) is 18.6 Å². The molecule has 0 aliphatic carbocycles. The second-order valence-corrected chi connectivity index (χ2v) is 22.5. The number of likely N-dealkylation sites (N-methyl/N-ethyl adjacent to an activating group) is 1. The minimum Gasteiger partial charge on any atom is -0.462 e. The lowest BCUT2D eigenvalue weighted by molar-refractivity contribution is -0.870. The fourth-order valence-corrected chi connectivity index (χ4v) is 8.94. The van der Waals surface area contributed by atoms with E-state index in [1.165, 1.54) is 128 Å². The number of hydrogen-bond donors (Lipinski definition) is 1. The lowest BCUT2D eigenvalue weighted by Gasteiger charge is -2.24. The first-order valence-electron chi connectivity index (χ1n) is 29.7. The highest BCUT2D eigenvalue weighted by Gasteiger charge is 2.27. The fraction of sp³-hybridized carbons (Fsp3) is 0.774. The van der Waals surface area contributed by atoms with Crippen molar-refractivity contribution >= 4 is 19.8 Å². The van der Waals surface area contributed by atoms with E-state index < -0.39 is 26.5 Å². The van der Waals surface area contributed by atoms with Crippen molar-refractivity contribution in [3.05, 3.63) is 72.9 Å². The Morgan fingerprint density at radius 3 is 1.18 bits per heavy atom. The molecule has 0 rings (SSSR count). The molecule has 0 bridgehead atoms. The van der Waals surface area contributed by atoms with Crippen molar-refractivity contribution in [2.45, 2.75) is 264 Å². The van der Waals surface area contributed by atoms with Crippen LogP contribution in [0.4, 0.5) is 0 Å². The van der Waals surface area contributed by atoms with E-state index in [4.69, 9.17) is 18.5 Å². The van der Waals surface area contributed by atoms with Gasteiger partial charge in [0.15, 0.2) is 6.10 Å². The van der Waals surface area contributed by atoms with E-state index in [0.29, 0.717) is 17.4 Å². The molecule has 9 nitrogen and oxygen atoms in total. The van der Waals surface area contributed by atoms with Gasteiger partial charge in [-0.2, -0.15) is 0 Å². The van der Waals surface area contributed by atoms with Gasteiger partial charge in [-0.1, -0.05) is 254 Å². The van der Waals surface area contributed by atoms with Gasteiger partial charge in [0, 0.05) is 12.8 Å². The molecule has 0 saturated carbocycles. The molecule has 0 aromatic carbocycles. The third-order valence-corrected chi connectivity index (χ3v) is 13.7. The van der Waals surface area contributed by atoms with Gasteiger partial charge in [0.25, 0.3) is 0 Å². The quantitative estimate of drug-likeness (QED) is 0.0211. The Morgan fingerprint density at radius 1 is 0.444 bits per heavy atom. The molecule has 10 heteroatoms. The second-order valence-electron chi connectivity index (χ2n) is 21.0. The zero-order valence-electron chi connectivity index (χ0n) is 47.4. The second kappa shape index (κ2) is 53.3. The van der Waals surface area contributed by atoms with Crippen molar-refractivity contribution in [2.75, 3.05) is 47.5 Å². The van der Waals surface area contributed by atoms with Crippen LogP contribution in [0.1, 0.15) is 258 Å². The van der Waals surface area contributed by atoms with Gasteiger partial charge in [0.1, 0.15) is 19.8 Å². The minimum atomic E-state index is -4.39. The average molecular weight is 1030 g/mol. The number of rotatable bonds is 54. The molecule has 1 N–H and O–H groups in total. The van der Waals surface area contributed by atoms with Gasteiger partial charge >= 0.3 is 19.8 Å². The van der Waals surface area contributed by atoms with Crippen LogP contribution in [-0.4, -0.2) is 74.9 Å². The van der Waals surface area contributed by atoms with Gasteiger partial charge in [0.2, 0.25) is 0 Å². The van der Waals surface area contributed by atoms with Crippen LogP contribution in [0.15, 0.2) is 72.9 Å². The Kier molecular flexibility index (Phi) is 51.4. The summed E-state index contributed by atoms with van der Waals surface area (Å²) in [6, 6.07) is 0. The van der Waals surface area contributed by atoms with Crippen molar-refractivity contribution in [2.24, 2.45) is 0 Å². The molecule has 0 heterocycles. The maximum absolute atomic E-state index is 12.8. The molecule has 0 amide bonds. The summed E-state index contributed by atoms with van der Waals surface area (Å²) in [5.74, 6) is -0.808. The number of phosphoric ester groups is 1. The number of unbranched alkanes of at least 4 members (excludes halogenated alkanes) is 28. The minimum absolute atomic E-state index is 0.0266. The van der Waals surface area contributed by atoms with Crippen LogP contribution in [0.2, 0.25) is 0 Å². The molecular weight excluding hydrogens is 918 g/mol. The normalized spacial score (nSPS) is 13.8. The van der Waals surface area contributed by atoms with E-state index in [1.54, 1.807) is 0 Å². The summed E-state index contributed by atoms with van der Waals surface area (Å²) in [5, 5.41) is 0. The molecular formula is C62H113NO8P+. The van der Waals surface area contributed by atoms with Crippen LogP contribution in [0.3, 0.4) is 0 Å². The predicted molar refractivity (Wildman–Crippen MR) is 307 cm³/mol. The molecule has 0 aromatic rings. The molecule has 418 valence electrons. The largest absolute Gasteiger partial charge is 0.472 e. The van der Waals surface area contributed by atoms with Crippen molar-refractivity contribution in [3.8, 4) is 0 Å². The van der Waals surface area contributed by atoms with Gasteiger partial charge in [0.05, 0.1) is 27.7 Å². The lowest BCUT2D eigenvalue weighted by Crippen LogP contribution is -2.37. The zero-order chi connectivity index (χ0) is 52.7. The highest BCUT2D eigenvalue weighted by atomic mass is 31.2. The number of quaternary nitrogens is 1. The molecule has 0 spiro atoms. The first-order chi connectivity index (χ1) is 35.0. The molecule has 0 aliphatic heterocycles.